The van der Waals surface area contributed by atoms with E-state index in [9.17, 15) is 13.6 Å². The van der Waals surface area contributed by atoms with Gasteiger partial charge in [-0.05, 0) is 18.2 Å². The summed E-state index contributed by atoms with van der Waals surface area (Å²) in [6.07, 6.45) is 1.64. The van der Waals surface area contributed by atoms with Crippen molar-refractivity contribution in [2.24, 2.45) is 12.8 Å². The van der Waals surface area contributed by atoms with E-state index in [1.54, 1.807) is 13.2 Å². The number of rotatable bonds is 3. The van der Waals surface area contributed by atoms with Gasteiger partial charge in [0.25, 0.3) is 5.91 Å². The lowest BCUT2D eigenvalue weighted by Crippen LogP contribution is -2.16. The van der Waals surface area contributed by atoms with Crippen LogP contribution in [0.3, 0.4) is 0 Å². The number of carbonyl (C=O) groups is 1. The van der Waals surface area contributed by atoms with Gasteiger partial charge in [-0.15, -0.1) is 0 Å². The second kappa shape index (κ2) is 5.15. The molecule has 1 heterocycles. The lowest BCUT2D eigenvalue weighted by molar-refractivity contribution is 0.102. The minimum absolute atomic E-state index is 0.176. The van der Waals surface area contributed by atoms with E-state index in [0.717, 1.165) is 18.2 Å². The van der Waals surface area contributed by atoms with Gasteiger partial charge in [-0.3, -0.25) is 9.48 Å². The summed E-state index contributed by atoms with van der Waals surface area (Å²) in [5.41, 5.74) is 5.72. The molecule has 100 valence electrons. The van der Waals surface area contributed by atoms with Gasteiger partial charge in [-0.2, -0.15) is 5.10 Å². The van der Waals surface area contributed by atoms with Crippen LogP contribution in [0.1, 0.15) is 15.9 Å². The van der Waals surface area contributed by atoms with Gasteiger partial charge in [0.05, 0.1) is 5.56 Å². The van der Waals surface area contributed by atoms with Crippen LogP contribution in [0.25, 0.3) is 0 Å². The highest BCUT2D eigenvalue weighted by Gasteiger charge is 2.16. The van der Waals surface area contributed by atoms with Crippen molar-refractivity contribution in [3.63, 3.8) is 0 Å². The van der Waals surface area contributed by atoms with Crippen LogP contribution in [-0.2, 0) is 13.6 Å². The van der Waals surface area contributed by atoms with Crippen LogP contribution in [0.5, 0.6) is 0 Å². The molecule has 19 heavy (non-hydrogen) atoms. The molecule has 0 bridgehead atoms. The third-order valence-electron chi connectivity index (χ3n) is 2.53. The molecular weight excluding hydrogens is 254 g/mol. The first-order valence-electron chi connectivity index (χ1n) is 5.50. The molecule has 2 aromatic rings. The quantitative estimate of drug-likeness (QED) is 0.882. The van der Waals surface area contributed by atoms with Gasteiger partial charge in [0.15, 0.2) is 5.82 Å². The van der Waals surface area contributed by atoms with Crippen LogP contribution in [0, 0.1) is 11.6 Å². The van der Waals surface area contributed by atoms with Crippen LogP contribution in [-0.4, -0.2) is 15.7 Å². The Morgan fingerprint density at radius 1 is 1.47 bits per heavy atom. The summed E-state index contributed by atoms with van der Waals surface area (Å²) in [6, 6.07) is 2.67. The highest BCUT2D eigenvalue weighted by molar-refractivity contribution is 6.04. The minimum atomic E-state index is -0.802. The first kappa shape index (κ1) is 13.2. The van der Waals surface area contributed by atoms with Gasteiger partial charge in [-0.1, -0.05) is 0 Å². The number of anilines is 1. The Morgan fingerprint density at radius 2 is 2.21 bits per heavy atom. The highest BCUT2D eigenvalue weighted by Crippen LogP contribution is 2.15. The SMILES string of the molecule is Cn1cc(CN)c(NC(=O)c2cc(F)ccc2F)n1. The zero-order valence-electron chi connectivity index (χ0n) is 10.2. The molecule has 0 radical (unpaired) electrons. The molecule has 0 aliphatic heterocycles. The maximum absolute atomic E-state index is 13.4. The fourth-order valence-corrected chi connectivity index (χ4v) is 1.64. The van der Waals surface area contributed by atoms with Gasteiger partial charge >= 0.3 is 0 Å². The Bertz CT molecular complexity index is 624. The van der Waals surface area contributed by atoms with Gasteiger partial charge < -0.3 is 11.1 Å². The third-order valence-corrected chi connectivity index (χ3v) is 2.53. The molecule has 0 spiro atoms. The van der Waals surface area contributed by atoms with Crippen molar-refractivity contribution in [3.8, 4) is 0 Å². The number of nitrogens with two attached hydrogens (primary N) is 1. The highest BCUT2D eigenvalue weighted by atomic mass is 19.1. The average Bonchev–Trinajstić information content (AvgIpc) is 2.72. The topological polar surface area (TPSA) is 72.9 Å². The Kier molecular flexibility index (Phi) is 3.57. The molecule has 0 fully saturated rings. The molecule has 7 heteroatoms. The molecule has 1 aromatic carbocycles. The third kappa shape index (κ3) is 2.76. The van der Waals surface area contributed by atoms with Crippen molar-refractivity contribution in [2.45, 2.75) is 6.54 Å². The molecule has 0 saturated heterocycles. The Morgan fingerprint density at radius 3 is 2.89 bits per heavy atom. The van der Waals surface area contributed by atoms with Crippen molar-refractivity contribution >= 4 is 11.7 Å². The molecule has 0 saturated carbocycles. The number of aryl methyl sites for hydroxylation is 1. The summed E-state index contributed by atoms with van der Waals surface area (Å²) in [7, 11) is 1.66. The molecule has 3 N–H and O–H groups in total. The molecule has 0 aliphatic carbocycles. The first-order valence-corrected chi connectivity index (χ1v) is 5.50. The predicted octanol–water partition coefficient (Wildman–Crippen LogP) is 1.41. The van der Waals surface area contributed by atoms with E-state index in [-0.39, 0.29) is 17.9 Å². The summed E-state index contributed by atoms with van der Waals surface area (Å²) >= 11 is 0. The number of halogens is 2. The van der Waals surface area contributed by atoms with Crippen LogP contribution in [0.15, 0.2) is 24.4 Å². The normalized spacial score (nSPS) is 10.5. The maximum atomic E-state index is 13.4. The lowest BCUT2D eigenvalue weighted by atomic mass is 10.2. The second-order valence-corrected chi connectivity index (χ2v) is 3.96. The zero-order valence-corrected chi connectivity index (χ0v) is 10.2. The number of carbonyl (C=O) groups excluding carboxylic acids is 1. The van der Waals surface area contributed by atoms with Crippen LogP contribution < -0.4 is 11.1 Å². The Balaban J connectivity index is 2.27. The summed E-state index contributed by atoms with van der Waals surface area (Å²) in [5.74, 6) is -2.03. The van der Waals surface area contributed by atoms with E-state index in [0.29, 0.717) is 5.56 Å². The summed E-state index contributed by atoms with van der Waals surface area (Å²) in [4.78, 5) is 11.9. The van der Waals surface area contributed by atoms with Crippen molar-refractivity contribution in [2.75, 3.05) is 5.32 Å². The van der Waals surface area contributed by atoms with E-state index >= 15 is 0 Å². The van der Waals surface area contributed by atoms with Crippen molar-refractivity contribution in [1.29, 1.82) is 0 Å². The van der Waals surface area contributed by atoms with Crippen molar-refractivity contribution < 1.29 is 13.6 Å². The molecule has 0 aliphatic rings. The smallest absolute Gasteiger partial charge is 0.259 e. The monoisotopic (exact) mass is 266 g/mol. The summed E-state index contributed by atoms with van der Waals surface area (Å²) < 4.78 is 27.9. The van der Waals surface area contributed by atoms with Crippen molar-refractivity contribution in [3.05, 3.63) is 47.2 Å². The zero-order chi connectivity index (χ0) is 14.0. The van der Waals surface area contributed by atoms with Gasteiger partial charge in [0.2, 0.25) is 0 Å². The van der Waals surface area contributed by atoms with Gasteiger partial charge in [0.1, 0.15) is 11.6 Å². The summed E-state index contributed by atoms with van der Waals surface area (Å²) in [5, 5.41) is 6.40. The molecule has 5 nitrogen and oxygen atoms in total. The number of amides is 1. The van der Waals surface area contributed by atoms with Crippen LogP contribution in [0.2, 0.25) is 0 Å². The second-order valence-electron chi connectivity index (χ2n) is 3.96. The lowest BCUT2D eigenvalue weighted by Gasteiger charge is -2.05. The van der Waals surface area contributed by atoms with E-state index in [1.807, 2.05) is 0 Å². The molecule has 2 rings (SSSR count). The standard InChI is InChI=1S/C12H12F2N4O/c1-18-6-7(5-15)11(17-18)16-12(19)9-4-8(13)2-3-10(9)14/h2-4,6H,5,15H2,1H3,(H,16,17,19). The molecule has 1 amide bonds. The maximum Gasteiger partial charge on any atom is 0.259 e. The number of nitrogens with zero attached hydrogens (tertiary/aromatic N) is 2. The number of aromatic nitrogens is 2. The molecule has 0 atom stereocenters. The molecule has 0 unspecified atom stereocenters. The van der Waals surface area contributed by atoms with E-state index < -0.39 is 17.5 Å². The minimum Gasteiger partial charge on any atom is -0.326 e. The Hall–Kier alpha value is -2.28. The number of hydrogen-bond donors (Lipinski definition) is 2. The van der Waals surface area contributed by atoms with Crippen molar-refractivity contribution in [1.82, 2.24) is 9.78 Å². The van der Waals surface area contributed by atoms with E-state index in [1.165, 1.54) is 4.68 Å². The number of nitrogens with one attached hydrogen (secondary N) is 1. The van der Waals surface area contributed by atoms with Gasteiger partial charge in [-0.25, -0.2) is 8.78 Å². The van der Waals surface area contributed by atoms with Gasteiger partial charge in [0, 0.05) is 25.4 Å². The van der Waals surface area contributed by atoms with Crippen LogP contribution >= 0.6 is 0 Å². The first-order chi connectivity index (χ1) is 9.01. The fourth-order valence-electron chi connectivity index (χ4n) is 1.64. The van der Waals surface area contributed by atoms with Crippen LogP contribution in [0.4, 0.5) is 14.6 Å². The van der Waals surface area contributed by atoms with E-state index in [2.05, 4.69) is 10.4 Å². The largest absolute Gasteiger partial charge is 0.326 e. The molecular formula is C12H12F2N4O. The van der Waals surface area contributed by atoms with E-state index in [4.69, 9.17) is 5.73 Å². The fraction of sp³-hybridized carbons (Fsp3) is 0.167. The number of benzene rings is 1. The average molecular weight is 266 g/mol. The predicted molar refractivity (Wildman–Crippen MR) is 65.4 cm³/mol. The molecule has 1 aromatic heterocycles. The Labute approximate surface area is 108 Å². The number of hydrogen-bond acceptors (Lipinski definition) is 3. The summed E-state index contributed by atoms with van der Waals surface area (Å²) in [6.45, 7) is 0.176.